The molecule has 1 aliphatic rings. The van der Waals surface area contributed by atoms with E-state index in [1.165, 1.54) is 0 Å². The number of carboxylic acid groups (broad SMARTS) is 1. The molecular formula is C12H15NO6S. The van der Waals surface area contributed by atoms with Gasteiger partial charge in [0.25, 0.3) is 0 Å². The van der Waals surface area contributed by atoms with Crippen molar-refractivity contribution in [2.75, 3.05) is 23.7 Å². The molecular weight excluding hydrogens is 286 g/mol. The van der Waals surface area contributed by atoms with Crippen LogP contribution in [0, 0.1) is 0 Å². The summed E-state index contributed by atoms with van der Waals surface area (Å²) in [7, 11) is -3.57. The van der Waals surface area contributed by atoms with Gasteiger partial charge in [-0.3, -0.25) is 9.52 Å². The minimum absolute atomic E-state index is 0.0647. The third kappa shape index (κ3) is 4.02. The van der Waals surface area contributed by atoms with Crippen molar-refractivity contribution < 1.29 is 27.8 Å². The highest BCUT2D eigenvalue weighted by atomic mass is 32.2. The second kappa shape index (κ2) is 6.00. The van der Waals surface area contributed by atoms with E-state index < -0.39 is 16.0 Å². The Morgan fingerprint density at radius 1 is 1.25 bits per heavy atom. The molecule has 1 aromatic carbocycles. The molecule has 0 fully saturated rings. The van der Waals surface area contributed by atoms with Gasteiger partial charge >= 0.3 is 5.97 Å². The van der Waals surface area contributed by atoms with Crippen molar-refractivity contribution in [2.24, 2.45) is 0 Å². The summed E-state index contributed by atoms with van der Waals surface area (Å²) in [6.07, 6.45) is -0.114. The van der Waals surface area contributed by atoms with E-state index in [0.29, 0.717) is 30.4 Å². The van der Waals surface area contributed by atoms with Gasteiger partial charge in [0.05, 0.1) is 11.4 Å². The number of sulfonamides is 1. The Hall–Kier alpha value is -1.96. The lowest BCUT2D eigenvalue weighted by Crippen LogP contribution is -2.18. The van der Waals surface area contributed by atoms with Crippen LogP contribution in [0.1, 0.15) is 12.8 Å². The van der Waals surface area contributed by atoms with Crippen molar-refractivity contribution >= 4 is 21.7 Å². The van der Waals surface area contributed by atoms with Crippen LogP contribution in [0.4, 0.5) is 5.69 Å². The summed E-state index contributed by atoms with van der Waals surface area (Å²) in [6.45, 7) is 0.884. The third-order valence-electron chi connectivity index (χ3n) is 2.62. The van der Waals surface area contributed by atoms with Crippen LogP contribution in [0.15, 0.2) is 18.2 Å². The van der Waals surface area contributed by atoms with Crippen LogP contribution in [0.3, 0.4) is 0 Å². The fourth-order valence-electron chi connectivity index (χ4n) is 1.75. The van der Waals surface area contributed by atoms with E-state index in [2.05, 4.69) is 4.72 Å². The third-order valence-corrected chi connectivity index (χ3v) is 3.99. The van der Waals surface area contributed by atoms with Gasteiger partial charge in [-0.05, 0) is 18.6 Å². The Kier molecular flexibility index (Phi) is 4.33. The molecule has 110 valence electrons. The molecule has 2 N–H and O–H groups in total. The molecule has 1 aliphatic heterocycles. The number of anilines is 1. The second-order valence-corrected chi connectivity index (χ2v) is 6.12. The summed E-state index contributed by atoms with van der Waals surface area (Å²) in [4.78, 5) is 10.4. The molecule has 0 bridgehead atoms. The van der Waals surface area contributed by atoms with Crippen molar-refractivity contribution in [3.8, 4) is 11.5 Å². The quantitative estimate of drug-likeness (QED) is 0.814. The molecule has 1 aromatic rings. The van der Waals surface area contributed by atoms with Crippen LogP contribution in [-0.4, -0.2) is 38.5 Å². The van der Waals surface area contributed by atoms with E-state index in [4.69, 9.17) is 14.6 Å². The number of rotatable bonds is 6. The molecule has 0 saturated carbocycles. The van der Waals surface area contributed by atoms with E-state index in [1.807, 2.05) is 0 Å². The summed E-state index contributed by atoms with van der Waals surface area (Å²) >= 11 is 0. The maximum atomic E-state index is 11.8. The van der Waals surface area contributed by atoms with Gasteiger partial charge in [0.2, 0.25) is 10.0 Å². The average Bonchev–Trinajstić information content (AvgIpc) is 2.37. The van der Waals surface area contributed by atoms with Crippen molar-refractivity contribution in [1.82, 2.24) is 0 Å². The van der Waals surface area contributed by atoms with Crippen molar-refractivity contribution in [1.29, 1.82) is 0 Å². The lowest BCUT2D eigenvalue weighted by molar-refractivity contribution is -0.137. The van der Waals surface area contributed by atoms with Gasteiger partial charge in [-0.25, -0.2) is 8.42 Å². The molecule has 0 amide bonds. The van der Waals surface area contributed by atoms with E-state index in [0.717, 1.165) is 0 Å². The molecule has 0 saturated heterocycles. The summed E-state index contributed by atoms with van der Waals surface area (Å²) < 4.78 is 36.6. The molecule has 7 nitrogen and oxygen atoms in total. The lowest BCUT2D eigenvalue weighted by Gasteiger charge is -2.19. The Bertz CT molecular complexity index is 598. The monoisotopic (exact) mass is 301 g/mol. The van der Waals surface area contributed by atoms with Gasteiger partial charge in [-0.2, -0.15) is 0 Å². The van der Waals surface area contributed by atoms with Crippen LogP contribution in [-0.2, 0) is 14.8 Å². The zero-order valence-electron chi connectivity index (χ0n) is 10.7. The van der Waals surface area contributed by atoms with Crippen molar-refractivity contribution in [2.45, 2.75) is 12.8 Å². The van der Waals surface area contributed by atoms with E-state index in [9.17, 15) is 13.2 Å². The number of nitrogens with one attached hydrogen (secondary N) is 1. The molecule has 0 unspecified atom stereocenters. The van der Waals surface area contributed by atoms with Crippen molar-refractivity contribution in [3.05, 3.63) is 18.2 Å². The molecule has 0 radical (unpaired) electrons. The molecule has 20 heavy (non-hydrogen) atoms. The highest BCUT2D eigenvalue weighted by Crippen LogP contribution is 2.32. The van der Waals surface area contributed by atoms with Crippen LogP contribution < -0.4 is 14.2 Å². The number of hydrogen-bond acceptors (Lipinski definition) is 5. The number of ether oxygens (including phenoxy) is 2. The number of carboxylic acids is 1. The predicted molar refractivity (Wildman–Crippen MR) is 71.7 cm³/mol. The second-order valence-electron chi connectivity index (χ2n) is 4.28. The zero-order chi connectivity index (χ0) is 14.6. The lowest BCUT2D eigenvalue weighted by atomic mass is 10.3. The number of carbonyl (C=O) groups is 1. The standard InChI is InChI=1S/C12H15NO6S/c14-12(15)2-1-7-20(16,17)13-9-3-4-10-11(8-9)19-6-5-18-10/h3-4,8,13H,1-2,5-7H2,(H,14,15). The topological polar surface area (TPSA) is 102 Å². The van der Waals surface area contributed by atoms with Gasteiger partial charge in [-0.15, -0.1) is 0 Å². The van der Waals surface area contributed by atoms with Gasteiger partial charge in [0.1, 0.15) is 13.2 Å². The average molecular weight is 301 g/mol. The smallest absolute Gasteiger partial charge is 0.303 e. The SMILES string of the molecule is O=C(O)CCCS(=O)(=O)Nc1ccc2c(c1)OCCO2. The first-order chi connectivity index (χ1) is 9.46. The first kappa shape index (κ1) is 14.4. The Morgan fingerprint density at radius 3 is 2.65 bits per heavy atom. The van der Waals surface area contributed by atoms with E-state index in [-0.39, 0.29) is 18.6 Å². The van der Waals surface area contributed by atoms with Crippen LogP contribution in [0.25, 0.3) is 0 Å². The molecule has 0 atom stereocenters. The van der Waals surface area contributed by atoms with Crippen LogP contribution in [0.2, 0.25) is 0 Å². The van der Waals surface area contributed by atoms with E-state index >= 15 is 0 Å². The summed E-state index contributed by atoms with van der Waals surface area (Å²) in [5, 5.41) is 8.49. The molecule has 8 heteroatoms. The molecule has 0 aromatic heterocycles. The van der Waals surface area contributed by atoms with E-state index in [1.54, 1.807) is 18.2 Å². The summed E-state index contributed by atoms with van der Waals surface area (Å²) in [5.41, 5.74) is 0.365. The normalized spacial score (nSPS) is 13.8. The zero-order valence-corrected chi connectivity index (χ0v) is 11.5. The predicted octanol–water partition coefficient (Wildman–Crippen LogP) is 1.06. The maximum absolute atomic E-state index is 11.8. The first-order valence-corrected chi connectivity index (χ1v) is 7.73. The first-order valence-electron chi connectivity index (χ1n) is 6.08. The molecule has 2 rings (SSSR count). The molecule has 1 heterocycles. The highest BCUT2D eigenvalue weighted by Gasteiger charge is 2.15. The van der Waals surface area contributed by atoms with Gasteiger partial charge in [-0.1, -0.05) is 0 Å². The highest BCUT2D eigenvalue weighted by molar-refractivity contribution is 7.92. The number of hydrogen-bond donors (Lipinski definition) is 2. The van der Waals surface area contributed by atoms with Gasteiger partial charge < -0.3 is 14.6 Å². The Balaban J connectivity index is 2.00. The fraction of sp³-hybridized carbons (Fsp3) is 0.417. The maximum Gasteiger partial charge on any atom is 0.303 e. The Morgan fingerprint density at radius 2 is 1.95 bits per heavy atom. The van der Waals surface area contributed by atoms with Gasteiger partial charge in [0.15, 0.2) is 11.5 Å². The van der Waals surface area contributed by atoms with Gasteiger partial charge in [0, 0.05) is 12.5 Å². The molecule has 0 spiro atoms. The number of benzene rings is 1. The number of fused-ring (bicyclic) bond motifs is 1. The minimum atomic E-state index is -3.57. The minimum Gasteiger partial charge on any atom is -0.486 e. The fourth-order valence-corrected chi connectivity index (χ4v) is 2.86. The largest absolute Gasteiger partial charge is 0.486 e. The Labute approximate surface area is 116 Å². The van der Waals surface area contributed by atoms with Crippen LogP contribution in [0.5, 0.6) is 11.5 Å². The number of aliphatic carboxylic acids is 1. The summed E-state index contributed by atoms with van der Waals surface area (Å²) in [5.74, 6) is -0.195. The van der Waals surface area contributed by atoms with Crippen LogP contribution >= 0.6 is 0 Å². The summed E-state index contributed by atoms with van der Waals surface area (Å²) in [6, 6.07) is 4.75. The van der Waals surface area contributed by atoms with Crippen molar-refractivity contribution in [3.63, 3.8) is 0 Å². The molecule has 0 aliphatic carbocycles.